The molecule has 4 heteroatoms. The number of benzene rings is 1. The summed E-state index contributed by atoms with van der Waals surface area (Å²) < 4.78 is 0. The van der Waals surface area contributed by atoms with E-state index in [2.05, 4.69) is 17.3 Å². The molecule has 0 bridgehead atoms. The predicted molar refractivity (Wildman–Crippen MR) is 79.2 cm³/mol. The molecule has 1 saturated heterocycles. The summed E-state index contributed by atoms with van der Waals surface area (Å²) in [6.07, 6.45) is 2.58. The number of hydrogen-bond donors (Lipinski definition) is 2. The summed E-state index contributed by atoms with van der Waals surface area (Å²) in [5, 5.41) is 12.3. The van der Waals surface area contributed by atoms with E-state index >= 15 is 0 Å². The summed E-state index contributed by atoms with van der Waals surface area (Å²) in [6, 6.07) is 9.76. The standard InChI is InChI=1S/C16H24N2O2/c1-18-10-5-8-14(12-18)16(20)17-15(9-11-19)13-6-3-2-4-7-13/h2-4,6-7,14-15,19H,5,8-12H2,1H3,(H,17,20). The van der Waals surface area contributed by atoms with Gasteiger partial charge in [0, 0.05) is 13.2 Å². The van der Waals surface area contributed by atoms with E-state index < -0.39 is 0 Å². The van der Waals surface area contributed by atoms with Gasteiger partial charge < -0.3 is 15.3 Å². The van der Waals surface area contributed by atoms with Crippen LogP contribution >= 0.6 is 0 Å². The molecule has 4 nitrogen and oxygen atoms in total. The van der Waals surface area contributed by atoms with Crippen molar-refractivity contribution < 1.29 is 9.90 Å². The summed E-state index contributed by atoms with van der Waals surface area (Å²) in [5.41, 5.74) is 1.05. The molecule has 1 aromatic carbocycles. The van der Waals surface area contributed by atoms with E-state index in [4.69, 9.17) is 0 Å². The Hall–Kier alpha value is -1.39. The average Bonchev–Trinajstić information content (AvgIpc) is 2.47. The van der Waals surface area contributed by atoms with Crippen molar-refractivity contribution in [2.75, 3.05) is 26.7 Å². The van der Waals surface area contributed by atoms with Gasteiger partial charge in [0.2, 0.25) is 5.91 Å². The summed E-state index contributed by atoms with van der Waals surface area (Å²) in [5.74, 6) is 0.178. The van der Waals surface area contributed by atoms with E-state index in [1.165, 1.54) is 0 Å². The fourth-order valence-corrected chi connectivity index (χ4v) is 2.81. The topological polar surface area (TPSA) is 52.6 Å². The molecule has 0 aliphatic carbocycles. The van der Waals surface area contributed by atoms with E-state index in [1.807, 2.05) is 30.3 Å². The van der Waals surface area contributed by atoms with E-state index in [9.17, 15) is 9.90 Å². The van der Waals surface area contributed by atoms with Crippen LogP contribution in [-0.4, -0.2) is 42.7 Å². The smallest absolute Gasteiger partial charge is 0.224 e. The van der Waals surface area contributed by atoms with Crippen molar-refractivity contribution in [1.82, 2.24) is 10.2 Å². The van der Waals surface area contributed by atoms with Gasteiger partial charge in [-0.05, 0) is 38.4 Å². The molecule has 0 saturated carbocycles. The number of hydrogen-bond acceptors (Lipinski definition) is 3. The summed E-state index contributed by atoms with van der Waals surface area (Å²) >= 11 is 0. The molecule has 1 aromatic rings. The first-order chi connectivity index (χ1) is 9.70. The van der Waals surface area contributed by atoms with Crippen molar-refractivity contribution in [1.29, 1.82) is 0 Å². The third kappa shape index (κ3) is 4.05. The number of likely N-dealkylation sites (tertiary alicyclic amines) is 1. The number of nitrogens with zero attached hydrogens (tertiary/aromatic N) is 1. The van der Waals surface area contributed by atoms with Crippen LogP contribution in [0.3, 0.4) is 0 Å². The van der Waals surface area contributed by atoms with E-state index in [-0.39, 0.29) is 24.5 Å². The highest BCUT2D eigenvalue weighted by Gasteiger charge is 2.25. The molecule has 2 N–H and O–H groups in total. The fourth-order valence-electron chi connectivity index (χ4n) is 2.81. The lowest BCUT2D eigenvalue weighted by molar-refractivity contribution is -0.127. The highest BCUT2D eigenvalue weighted by molar-refractivity contribution is 5.79. The van der Waals surface area contributed by atoms with Crippen LogP contribution in [0.15, 0.2) is 30.3 Å². The maximum Gasteiger partial charge on any atom is 0.224 e. The highest BCUT2D eigenvalue weighted by Crippen LogP contribution is 2.20. The molecule has 2 unspecified atom stereocenters. The first kappa shape index (κ1) is 15.0. The molecule has 0 spiro atoms. The lowest BCUT2D eigenvalue weighted by atomic mass is 9.96. The van der Waals surface area contributed by atoms with Crippen LogP contribution in [0.25, 0.3) is 0 Å². The Kier molecular flexibility index (Phi) is 5.56. The number of aliphatic hydroxyl groups is 1. The molecule has 0 radical (unpaired) electrons. The highest BCUT2D eigenvalue weighted by atomic mass is 16.3. The minimum atomic E-state index is -0.0964. The second kappa shape index (κ2) is 7.41. The molecule has 2 rings (SSSR count). The van der Waals surface area contributed by atoms with Gasteiger partial charge in [-0.2, -0.15) is 0 Å². The van der Waals surface area contributed by atoms with E-state index in [0.29, 0.717) is 6.42 Å². The summed E-state index contributed by atoms with van der Waals surface area (Å²) in [6.45, 7) is 1.97. The van der Waals surface area contributed by atoms with Crippen molar-refractivity contribution in [2.45, 2.75) is 25.3 Å². The lowest BCUT2D eigenvalue weighted by Crippen LogP contribution is -2.42. The second-order valence-electron chi connectivity index (χ2n) is 5.59. The number of aliphatic hydroxyl groups excluding tert-OH is 1. The quantitative estimate of drug-likeness (QED) is 0.858. The molecular weight excluding hydrogens is 252 g/mol. The van der Waals surface area contributed by atoms with Crippen LogP contribution in [0.4, 0.5) is 0 Å². The number of carbonyl (C=O) groups is 1. The van der Waals surface area contributed by atoms with Crippen LogP contribution in [0.5, 0.6) is 0 Å². The SMILES string of the molecule is CN1CCCC(C(=O)NC(CCO)c2ccccc2)C1. The lowest BCUT2D eigenvalue weighted by Gasteiger charge is -2.30. The molecule has 0 aromatic heterocycles. The molecule has 2 atom stereocenters. The number of piperidine rings is 1. The second-order valence-corrected chi connectivity index (χ2v) is 5.59. The van der Waals surface area contributed by atoms with Crippen molar-refractivity contribution >= 4 is 5.91 Å². The Balaban J connectivity index is 1.99. The van der Waals surface area contributed by atoms with Gasteiger partial charge in [0.25, 0.3) is 0 Å². The molecule has 1 aliphatic heterocycles. The van der Waals surface area contributed by atoms with Crippen molar-refractivity contribution in [3.63, 3.8) is 0 Å². The molecule has 1 amide bonds. The Morgan fingerprint density at radius 1 is 1.45 bits per heavy atom. The normalized spacial score (nSPS) is 21.4. The maximum absolute atomic E-state index is 12.4. The van der Waals surface area contributed by atoms with Gasteiger partial charge >= 0.3 is 0 Å². The molecular formula is C16H24N2O2. The Bertz CT molecular complexity index is 422. The minimum Gasteiger partial charge on any atom is -0.396 e. The maximum atomic E-state index is 12.4. The van der Waals surface area contributed by atoms with Crippen LogP contribution in [0.1, 0.15) is 30.9 Å². The minimum absolute atomic E-state index is 0.0682. The summed E-state index contributed by atoms with van der Waals surface area (Å²) in [4.78, 5) is 14.6. The first-order valence-corrected chi connectivity index (χ1v) is 7.35. The van der Waals surface area contributed by atoms with Crippen LogP contribution in [-0.2, 0) is 4.79 Å². The zero-order chi connectivity index (χ0) is 14.4. The average molecular weight is 276 g/mol. The molecule has 1 heterocycles. The van der Waals surface area contributed by atoms with E-state index in [0.717, 1.165) is 31.5 Å². The van der Waals surface area contributed by atoms with Gasteiger partial charge in [-0.15, -0.1) is 0 Å². The molecule has 1 aliphatic rings. The Morgan fingerprint density at radius 3 is 2.85 bits per heavy atom. The largest absolute Gasteiger partial charge is 0.396 e. The van der Waals surface area contributed by atoms with Crippen molar-refractivity contribution in [2.24, 2.45) is 5.92 Å². The number of carbonyl (C=O) groups excluding carboxylic acids is 1. The fraction of sp³-hybridized carbons (Fsp3) is 0.562. The third-order valence-corrected chi connectivity index (χ3v) is 3.93. The van der Waals surface area contributed by atoms with Gasteiger partial charge in [-0.3, -0.25) is 4.79 Å². The Morgan fingerprint density at radius 2 is 2.20 bits per heavy atom. The predicted octanol–water partition coefficient (Wildman–Crippen LogP) is 1.57. The van der Waals surface area contributed by atoms with Gasteiger partial charge in [0.15, 0.2) is 0 Å². The van der Waals surface area contributed by atoms with Crippen molar-refractivity contribution in [3.8, 4) is 0 Å². The molecule has 20 heavy (non-hydrogen) atoms. The zero-order valence-electron chi connectivity index (χ0n) is 12.1. The van der Waals surface area contributed by atoms with Crippen LogP contribution < -0.4 is 5.32 Å². The Labute approximate surface area is 120 Å². The summed E-state index contributed by atoms with van der Waals surface area (Å²) in [7, 11) is 2.06. The van der Waals surface area contributed by atoms with Gasteiger partial charge in [-0.1, -0.05) is 30.3 Å². The number of nitrogens with one attached hydrogen (secondary N) is 1. The van der Waals surface area contributed by atoms with Crippen molar-refractivity contribution in [3.05, 3.63) is 35.9 Å². The van der Waals surface area contributed by atoms with Crippen LogP contribution in [0.2, 0.25) is 0 Å². The first-order valence-electron chi connectivity index (χ1n) is 7.35. The van der Waals surface area contributed by atoms with Gasteiger partial charge in [-0.25, -0.2) is 0 Å². The zero-order valence-corrected chi connectivity index (χ0v) is 12.1. The monoisotopic (exact) mass is 276 g/mol. The van der Waals surface area contributed by atoms with Crippen LogP contribution in [0, 0.1) is 5.92 Å². The van der Waals surface area contributed by atoms with Gasteiger partial charge in [0.1, 0.15) is 0 Å². The number of rotatable bonds is 5. The number of amides is 1. The molecule has 110 valence electrons. The molecule has 1 fully saturated rings. The van der Waals surface area contributed by atoms with Gasteiger partial charge in [0.05, 0.1) is 12.0 Å². The third-order valence-electron chi connectivity index (χ3n) is 3.93. The van der Waals surface area contributed by atoms with E-state index in [1.54, 1.807) is 0 Å².